The molecule has 0 saturated carbocycles. The van der Waals surface area contributed by atoms with Crippen molar-refractivity contribution < 1.29 is 17.9 Å². The van der Waals surface area contributed by atoms with Gasteiger partial charge in [-0.05, 0) is 24.6 Å². The number of benzene rings is 1. The second-order valence-electron chi connectivity index (χ2n) is 3.85. The topological polar surface area (TPSA) is 111 Å². The zero-order valence-electron chi connectivity index (χ0n) is 11.5. The second kappa shape index (κ2) is 8.26. The first-order valence-corrected chi connectivity index (χ1v) is 7.67. The first kappa shape index (κ1) is 17.0. The average molecular weight is 311 g/mol. The largest absolute Gasteiger partial charge is 0.449 e. The molecule has 114 valence electrons. The predicted octanol–water partition coefficient (Wildman–Crippen LogP) is 0.0773. The summed E-state index contributed by atoms with van der Waals surface area (Å²) in [5, 5.41) is 0. The van der Waals surface area contributed by atoms with E-state index in [1.807, 2.05) is 0 Å². The van der Waals surface area contributed by atoms with Gasteiger partial charge in [0.05, 0.1) is 13.2 Å². The highest BCUT2D eigenvalue weighted by Crippen LogP contribution is 2.03. The Labute approximate surface area is 124 Å². The van der Waals surface area contributed by atoms with Crippen molar-refractivity contribution in [3.63, 3.8) is 0 Å². The van der Waals surface area contributed by atoms with Crippen LogP contribution in [0, 0.1) is 11.8 Å². The summed E-state index contributed by atoms with van der Waals surface area (Å²) in [6.45, 7) is 1.99. The Morgan fingerprint density at radius 3 is 2.57 bits per heavy atom. The van der Waals surface area contributed by atoms with Crippen LogP contribution in [0.5, 0.6) is 0 Å². The average Bonchev–Trinajstić information content (AvgIpc) is 2.44. The molecule has 0 aliphatic rings. The molecule has 8 heteroatoms. The number of ether oxygens (including phenoxy) is 1. The summed E-state index contributed by atoms with van der Waals surface area (Å²) in [7, 11) is -3.94. The molecule has 0 saturated heterocycles. The highest BCUT2D eigenvalue weighted by Gasteiger charge is 2.14. The van der Waals surface area contributed by atoms with Crippen molar-refractivity contribution in [2.45, 2.75) is 13.5 Å². The van der Waals surface area contributed by atoms with Crippen molar-refractivity contribution >= 4 is 16.3 Å². The Bertz CT molecular complexity index is 630. The molecule has 0 aliphatic carbocycles. The quantitative estimate of drug-likeness (QED) is 0.667. The van der Waals surface area contributed by atoms with Crippen molar-refractivity contribution in [3.05, 3.63) is 35.4 Å². The Hall–Kier alpha value is -2.08. The van der Waals surface area contributed by atoms with E-state index in [9.17, 15) is 13.2 Å². The minimum atomic E-state index is -3.94. The van der Waals surface area contributed by atoms with Gasteiger partial charge in [0.1, 0.15) is 0 Å². The van der Waals surface area contributed by atoms with Crippen LogP contribution in [-0.2, 0) is 21.5 Å². The molecule has 0 fully saturated rings. The Morgan fingerprint density at radius 2 is 2.00 bits per heavy atom. The molecule has 0 aliphatic heterocycles. The summed E-state index contributed by atoms with van der Waals surface area (Å²) in [6, 6.07) is 6.97. The number of nitrogens with two attached hydrogens (primary N) is 1. The van der Waals surface area contributed by atoms with Gasteiger partial charge in [0.15, 0.2) is 0 Å². The molecular weight excluding hydrogens is 294 g/mol. The van der Waals surface area contributed by atoms with Gasteiger partial charge in [-0.2, -0.15) is 13.1 Å². The van der Waals surface area contributed by atoms with Gasteiger partial charge in [-0.15, -0.1) is 0 Å². The Morgan fingerprint density at radius 1 is 1.33 bits per heavy atom. The molecule has 1 aromatic rings. The normalized spacial score (nSPS) is 10.4. The fourth-order valence-electron chi connectivity index (χ4n) is 1.34. The van der Waals surface area contributed by atoms with Gasteiger partial charge in [-0.3, -0.25) is 0 Å². The lowest BCUT2D eigenvalue weighted by Crippen LogP contribution is -2.40. The lowest BCUT2D eigenvalue weighted by Gasteiger charge is -2.08. The van der Waals surface area contributed by atoms with E-state index in [0.717, 1.165) is 11.1 Å². The highest BCUT2D eigenvalue weighted by atomic mass is 32.2. The lowest BCUT2D eigenvalue weighted by molar-refractivity contribution is 0.158. The maximum Gasteiger partial charge on any atom is 0.421 e. The van der Waals surface area contributed by atoms with Gasteiger partial charge in [-0.25, -0.2) is 9.52 Å². The highest BCUT2D eigenvalue weighted by molar-refractivity contribution is 7.88. The van der Waals surface area contributed by atoms with Crippen LogP contribution in [-0.4, -0.2) is 27.7 Å². The fraction of sp³-hybridized carbons (Fsp3) is 0.308. The molecule has 7 nitrogen and oxygen atoms in total. The monoisotopic (exact) mass is 311 g/mol. The van der Waals surface area contributed by atoms with Crippen LogP contribution in [0.15, 0.2) is 24.3 Å². The number of hydrogen-bond acceptors (Lipinski definition) is 5. The van der Waals surface area contributed by atoms with Gasteiger partial charge < -0.3 is 10.5 Å². The molecule has 0 aromatic heterocycles. The van der Waals surface area contributed by atoms with Gasteiger partial charge in [-0.1, -0.05) is 24.0 Å². The second-order valence-corrected chi connectivity index (χ2v) is 5.35. The Kier molecular flexibility index (Phi) is 6.68. The van der Waals surface area contributed by atoms with E-state index in [4.69, 9.17) is 5.73 Å². The zero-order valence-corrected chi connectivity index (χ0v) is 12.4. The van der Waals surface area contributed by atoms with Gasteiger partial charge in [0.2, 0.25) is 0 Å². The van der Waals surface area contributed by atoms with E-state index in [1.165, 1.54) is 0 Å². The molecule has 1 rings (SSSR count). The third-order valence-electron chi connectivity index (χ3n) is 2.25. The minimum Gasteiger partial charge on any atom is -0.449 e. The SMILES string of the molecule is CCOC(=O)NS(=O)(=O)NCc1ccc(C#CCN)cc1. The van der Waals surface area contributed by atoms with Crippen LogP contribution in [0.2, 0.25) is 0 Å². The van der Waals surface area contributed by atoms with Crippen molar-refractivity contribution in [1.82, 2.24) is 9.44 Å². The maximum atomic E-state index is 11.5. The number of rotatable bonds is 5. The molecule has 21 heavy (non-hydrogen) atoms. The molecule has 1 aromatic carbocycles. The summed E-state index contributed by atoms with van der Waals surface area (Å²) < 4.78 is 31.5. The van der Waals surface area contributed by atoms with E-state index < -0.39 is 16.3 Å². The first-order valence-electron chi connectivity index (χ1n) is 6.19. The first-order chi connectivity index (χ1) is 9.96. The van der Waals surface area contributed by atoms with E-state index >= 15 is 0 Å². The van der Waals surface area contributed by atoms with Crippen molar-refractivity contribution in [2.75, 3.05) is 13.2 Å². The molecule has 0 spiro atoms. The van der Waals surface area contributed by atoms with Crippen LogP contribution < -0.4 is 15.2 Å². The number of hydrogen-bond donors (Lipinski definition) is 3. The van der Waals surface area contributed by atoms with Crippen molar-refractivity contribution in [1.29, 1.82) is 0 Å². The molecular formula is C13H17N3O4S. The van der Waals surface area contributed by atoms with E-state index in [-0.39, 0.29) is 19.7 Å². The van der Waals surface area contributed by atoms with Crippen LogP contribution in [0.25, 0.3) is 0 Å². The third kappa shape index (κ3) is 6.76. The summed E-state index contributed by atoms with van der Waals surface area (Å²) in [4.78, 5) is 11.0. The number of carbonyl (C=O) groups excluding carboxylic acids is 1. The third-order valence-corrected chi connectivity index (χ3v) is 3.21. The number of carbonyl (C=O) groups is 1. The standard InChI is InChI=1S/C13H17N3O4S/c1-2-20-13(17)16-21(18,19)15-10-12-7-5-11(6-8-12)4-3-9-14/h5-8,15H,2,9-10,14H2,1H3,(H,16,17). The van der Waals surface area contributed by atoms with E-state index in [1.54, 1.807) is 35.9 Å². The van der Waals surface area contributed by atoms with E-state index in [2.05, 4.69) is 21.3 Å². The number of amides is 1. The summed E-state index contributed by atoms with van der Waals surface area (Å²) >= 11 is 0. The van der Waals surface area contributed by atoms with Gasteiger partial charge in [0.25, 0.3) is 0 Å². The van der Waals surface area contributed by atoms with Crippen LogP contribution in [0.1, 0.15) is 18.1 Å². The van der Waals surface area contributed by atoms with Gasteiger partial charge >= 0.3 is 16.3 Å². The maximum absolute atomic E-state index is 11.5. The summed E-state index contributed by atoms with van der Waals surface area (Å²) in [5.74, 6) is 5.58. The van der Waals surface area contributed by atoms with Crippen molar-refractivity contribution in [3.8, 4) is 11.8 Å². The summed E-state index contributed by atoms with van der Waals surface area (Å²) in [6.07, 6.45) is -1.02. The molecule has 0 heterocycles. The molecule has 4 N–H and O–H groups in total. The molecule has 1 amide bonds. The van der Waals surface area contributed by atoms with Gasteiger partial charge in [0, 0.05) is 12.1 Å². The van der Waals surface area contributed by atoms with Crippen LogP contribution in [0.3, 0.4) is 0 Å². The summed E-state index contributed by atoms with van der Waals surface area (Å²) in [5.41, 5.74) is 6.78. The molecule has 0 atom stereocenters. The lowest BCUT2D eigenvalue weighted by atomic mass is 10.1. The van der Waals surface area contributed by atoms with Crippen molar-refractivity contribution in [2.24, 2.45) is 5.73 Å². The van der Waals surface area contributed by atoms with Crippen LogP contribution in [0.4, 0.5) is 4.79 Å². The van der Waals surface area contributed by atoms with E-state index in [0.29, 0.717) is 0 Å². The fourth-order valence-corrected chi connectivity index (χ4v) is 2.05. The Balaban J connectivity index is 2.56. The zero-order chi connectivity index (χ0) is 15.7. The number of nitrogens with one attached hydrogen (secondary N) is 2. The van der Waals surface area contributed by atoms with Crippen LogP contribution >= 0.6 is 0 Å². The molecule has 0 radical (unpaired) electrons. The molecule has 0 bridgehead atoms. The predicted molar refractivity (Wildman–Crippen MR) is 78.3 cm³/mol. The minimum absolute atomic E-state index is 0.0410. The molecule has 0 unspecified atom stereocenters. The smallest absolute Gasteiger partial charge is 0.421 e.